The number of nitrogens with zero attached hydrogens (tertiary/aromatic N) is 1. The maximum Gasteiger partial charge on any atom is 0.430 e. The minimum absolute atomic E-state index is 0.0223. The lowest BCUT2D eigenvalue weighted by atomic mass is 10.1. The summed E-state index contributed by atoms with van der Waals surface area (Å²) in [6, 6.07) is 17.3. The zero-order valence-corrected chi connectivity index (χ0v) is 19.3. The fourth-order valence-corrected chi connectivity index (χ4v) is 3.76. The number of alkyl halides is 3. The van der Waals surface area contributed by atoms with Crippen LogP contribution in [-0.2, 0) is 10.0 Å². The fourth-order valence-electron chi connectivity index (χ4n) is 2.89. The predicted octanol–water partition coefficient (Wildman–Crippen LogP) is 4.77. The van der Waals surface area contributed by atoms with Crippen molar-refractivity contribution in [2.75, 3.05) is 5.32 Å². The number of anilines is 1. The zero-order chi connectivity index (χ0) is 25.8. The van der Waals surface area contributed by atoms with Crippen molar-refractivity contribution >= 4 is 44.6 Å². The van der Waals surface area contributed by atoms with E-state index in [0.29, 0.717) is 6.08 Å². The summed E-state index contributed by atoms with van der Waals surface area (Å²) in [6.07, 6.45) is -4.11. The number of carbonyl (C=O) groups is 1. The number of allylic oxidation sites excluding steroid dienone is 2. The maximum atomic E-state index is 13.1. The molecule has 0 saturated heterocycles. The van der Waals surface area contributed by atoms with Gasteiger partial charge in [-0.2, -0.15) is 13.2 Å². The van der Waals surface area contributed by atoms with Gasteiger partial charge in [0.2, 0.25) is 10.0 Å². The van der Waals surface area contributed by atoms with Gasteiger partial charge in [0.15, 0.2) is 0 Å². The van der Waals surface area contributed by atoms with Gasteiger partial charge in [0.1, 0.15) is 10.6 Å². The second-order valence-electron chi connectivity index (χ2n) is 7.12. The Morgan fingerprint density at radius 3 is 2.11 bits per heavy atom. The van der Waals surface area contributed by atoms with E-state index >= 15 is 0 Å². The summed E-state index contributed by atoms with van der Waals surface area (Å²) in [6.45, 7) is 0. The Kier molecular flexibility index (Phi) is 7.64. The zero-order valence-electron chi connectivity index (χ0n) is 17.8. The van der Waals surface area contributed by atoms with E-state index in [9.17, 15) is 26.4 Å². The minimum Gasteiger partial charge on any atom is -0.395 e. The number of nitrogens with two attached hydrogens (primary N) is 2. The number of hydrogen-bond acceptors (Lipinski definition) is 5. The van der Waals surface area contributed by atoms with Crippen molar-refractivity contribution in [2.45, 2.75) is 11.1 Å². The molecule has 0 atom stereocenters. The van der Waals surface area contributed by atoms with Gasteiger partial charge >= 0.3 is 6.18 Å². The van der Waals surface area contributed by atoms with Gasteiger partial charge < -0.3 is 11.1 Å². The highest BCUT2D eigenvalue weighted by molar-refractivity contribution is 7.89. The number of sulfonamides is 1. The first-order chi connectivity index (χ1) is 16.4. The molecule has 0 saturated carbocycles. The molecule has 0 aliphatic rings. The summed E-state index contributed by atoms with van der Waals surface area (Å²) in [4.78, 5) is 16.6. The van der Waals surface area contributed by atoms with Crippen LogP contribution in [0.25, 0.3) is 0 Å². The van der Waals surface area contributed by atoms with Crippen LogP contribution in [0.3, 0.4) is 0 Å². The first-order valence-electron chi connectivity index (χ1n) is 9.77. The molecule has 3 rings (SSSR count). The van der Waals surface area contributed by atoms with Crippen LogP contribution >= 0.6 is 11.6 Å². The van der Waals surface area contributed by atoms with Crippen molar-refractivity contribution in [2.24, 2.45) is 15.9 Å². The van der Waals surface area contributed by atoms with Crippen molar-refractivity contribution < 1.29 is 26.4 Å². The van der Waals surface area contributed by atoms with E-state index in [0.717, 1.165) is 0 Å². The van der Waals surface area contributed by atoms with Gasteiger partial charge in [0.25, 0.3) is 5.91 Å². The first kappa shape index (κ1) is 25.9. The summed E-state index contributed by atoms with van der Waals surface area (Å²) in [5.41, 5.74) is 4.20. The van der Waals surface area contributed by atoms with Crippen LogP contribution < -0.4 is 16.2 Å². The van der Waals surface area contributed by atoms with Crippen LogP contribution in [-0.4, -0.2) is 26.2 Å². The lowest BCUT2D eigenvalue weighted by Crippen LogP contribution is -2.21. The molecule has 0 aromatic heterocycles. The normalized spacial score (nSPS) is 12.9. The molecule has 3 aromatic rings. The van der Waals surface area contributed by atoms with Gasteiger partial charge in [-0.25, -0.2) is 18.5 Å². The average molecular weight is 523 g/mol. The molecule has 3 aromatic carbocycles. The topological polar surface area (TPSA) is 128 Å². The van der Waals surface area contributed by atoms with E-state index in [-0.39, 0.29) is 38.1 Å². The van der Waals surface area contributed by atoms with Gasteiger partial charge in [0, 0.05) is 11.1 Å². The lowest BCUT2D eigenvalue weighted by molar-refractivity contribution is -0.0925. The maximum absolute atomic E-state index is 13.1. The number of para-hydroxylation sites is 2. The number of rotatable bonds is 6. The molecule has 12 heteroatoms. The van der Waals surface area contributed by atoms with Gasteiger partial charge in [-0.1, -0.05) is 48.0 Å². The van der Waals surface area contributed by atoms with Crippen LogP contribution in [0.15, 0.2) is 94.5 Å². The SMILES string of the molecule is N/C(=C\C(=Nc1ccccc1Cl)c1ccc(C(=O)Nc2ccccc2S(N)(=O)=O)cc1)C(F)(F)F. The third-order valence-corrected chi connectivity index (χ3v) is 5.89. The number of nitrogens with one attached hydrogen (secondary N) is 1. The minimum atomic E-state index is -4.78. The number of aliphatic imine (C=N–C) groups is 1. The molecule has 7 nitrogen and oxygen atoms in total. The Hall–Kier alpha value is -3.67. The molecule has 0 spiro atoms. The molecule has 5 N–H and O–H groups in total. The lowest BCUT2D eigenvalue weighted by Gasteiger charge is -2.11. The average Bonchev–Trinajstić information content (AvgIpc) is 2.79. The van der Waals surface area contributed by atoms with Gasteiger partial charge in [0.05, 0.1) is 22.1 Å². The predicted molar refractivity (Wildman–Crippen MR) is 128 cm³/mol. The van der Waals surface area contributed by atoms with E-state index in [1.807, 2.05) is 0 Å². The van der Waals surface area contributed by atoms with Crippen molar-refractivity contribution in [3.05, 3.63) is 101 Å². The third kappa shape index (κ3) is 6.69. The molecule has 0 aliphatic carbocycles. The number of amides is 1. The Morgan fingerprint density at radius 2 is 1.51 bits per heavy atom. The summed E-state index contributed by atoms with van der Waals surface area (Å²) < 4.78 is 62.6. The summed E-state index contributed by atoms with van der Waals surface area (Å²) in [5, 5.41) is 7.84. The summed E-state index contributed by atoms with van der Waals surface area (Å²) >= 11 is 6.08. The Bertz CT molecular complexity index is 1420. The molecule has 0 bridgehead atoms. The van der Waals surface area contributed by atoms with Crippen LogP contribution in [0, 0.1) is 0 Å². The standard InChI is InChI=1S/C23H18ClF3N4O3S/c24-16-5-1-2-6-17(16)30-19(13-21(28)23(25,26)27)14-9-11-15(12-10-14)22(32)31-18-7-3-4-8-20(18)35(29,33)34/h1-13H,28H2,(H,31,32)(H2,29,33,34)/b21-13-,30-19?. The number of primary sulfonamides is 1. The molecule has 182 valence electrons. The number of hydrogen-bond donors (Lipinski definition) is 3. The Balaban J connectivity index is 1.96. The van der Waals surface area contributed by atoms with E-state index < -0.39 is 27.8 Å². The molecule has 0 radical (unpaired) electrons. The molecular weight excluding hydrogens is 505 g/mol. The quantitative estimate of drug-likeness (QED) is 0.403. The molecule has 0 unspecified atom stereocenters. The molecule has 0 fully saturated rings. The Morgan fingerprint density at radius 1 is 0.943 bits per heavy atom. The molecule has 0 heterocycles. The van der Waals surface area contributed by atoms with Crippen molar-refractivity contribution in [1.82, 2.24) is 0 Å². The molecular formula is C23H18ClF3N4O3S. The largest absolute Gasteiger partial charge is 0.430 e. The highest BCUT2D eigenvalue weighted by Crippen LogP contribution is 2.27. The first-order valence-corrected chi connectivity index (χ1v) is 11.7. The van der Waals surface area contributed by atoms with Gasteiger partial charge in [-0.15, -0.1) is 0 Å². The molecule has 0 aliphatic heterocycles. The summed E-state index contributed by atoms with van der Waals surface area (Å²) in [7, 11) is -4.09. The van der Waals surface area contributed by atoms with Crippen molar-refractivity contribution in [3.8, 4) is 0 Å². The third-order valence-electron chi connectivity index (χ3n) is 4.60. The monoisotopic (exact) mass is 522 g/mol. The number of benzene rings is 3. The van der Waals surface area contributed by atoms with Crippen molar-refractivity contribution in [1.29, 1.82) is 0 Å². The van der Waals surface area contributed by atoms with Gasteiger partial charge in [-0.05, 0) is 42.5 Å². The van der Waals surface area contributed by atoms with Gasteiger partial charge in [-0.3, -0.25) is 4.79 Å². The van der Waals surface area contributed by atoms with Crippen LogP contribution in [0.4, 0.5) is 24.5 Å². The van der Waals surface area contributed by atoms with E-state index in [4.69, 9.17) is 22.5 Å². The fraction of sp³-hybridized carbons (Fsp3) is 0.0435. The van der Waals surface area contributed by atoms with Crippen molar-refractivity contribution in [3.63, 3.8) is 0 Å². The second-order valence-corrected chi connectivity index (χ2v) is 9.06. The van der Waals surface area contributed by atoms with Crippen LogP contribution in [0.5, 0.6) is 0 Å². The van der Waals surface area contributed by atoms with E-state index in [2.05, 4.69) is 10.3 Å². The van der Waals surface area contributed by atoms with E-state index in [1.54, 1.807) is 12.1 Å². The number of halogens is 4. The number of carbonyl (C=O) groups excluding carboxylic acids is 1. The highest BCUT2D eigenvalue weighted by atomic mass is 35.5. The van der Waals surface area contributed by atoms with Crippen LogP contribution in [0.1, 0.15) is 15.9 Å². The second kappa shape index (κ2) is 10.3. The Labute approximate surface area is 204 Å². The molecule has 1 amide bonds. The smallest absolute Gasteiger partial charge is 0.395 e. The van der Waals surface area contributed by atoms with E-state index in [1.165, 1.54) is 60.7 Å². The highest BCUT2D eigenvalue weighted by Gasteiger charge is 2.31. The summed E-state index contributed by atoms with van der Waals surface area (Å²) in [5.74, 6) is -0.664. The van der Waals surface area contributed by atoms with Crippen LogP contribution in [0.2, 0.25) is 5.02 Å². The molecule has 35 heavy (non-hydrogen) atoms.